The summed E-state index contributed by atoms with van der Waals surface area (Å²) in [6.07, 6.45) is 11.4. The van der Waals surface area contributed by atoms with Crippen molar-refractivity contribution in [3.8, 4) is 5.69 Å². The number of anilines is 1. The molecule has 0 aliphatic heterocycles. The normalized spacial score (nSPS) is 17.2. The molecule has 0 spiro atoms. The quantitative estimate of drug-likeness (QED) is 0.514. The van der Waals surface area contributed by atoms with Gasteiger partial charge in [-0.25, -0.2) is 4.98 Å². The Hall–Kier alpha value is -3.41. The van der Waals surface area contributed by atoms with E-state index in [0.717, 1.165) is 31.2 Å². The Morgan fingerprint density at radius 2 is 1.79 bits per heavy atom. The fourth-order valence-corrected chi connectivity index (χ4v) is 4.96. The number of carbonyl (C=O) groups excluding carboxylic acids is 1. The van der Waals surface area contributed by atoms with Crippen molar-refractivity contribution >= 4 is 11.7 Å². The second kappa shape index (κ2) is 9.84. The third kappa shape index (κ3) is 4.91. The summed E-state index contributed by atoms with van der Waals surface area (Å²) >= 11 is 0. The summed E-state index contributed by atoms with van der Waals surface area (Å²) < 4.78 is 1.60. The summed E-state index contributed by atoms with van der Waals surface area (Å²) in [5, 5.41) is 6.53. The number of nitrogens with zero attached hydrogens (tertiary/aromatic N) is 2. The first-order valence-corrected chi connectivity index (χ1v) is 12.4. The van der Waals surface area contributed by atoms with Gasteiger partial charge in [0.15, 0.2) is 5.82 Å². The number of amides is 1. The average Bonchev–Trinajstić information content (AvgIpc) is 3.69. The van der Waals surface area contributed by atoms with Crippen LogP contribution in [0.5, 0.6) is 0 Å². The highest BCUT2D eigenvalue weighted by atomic mass is 16.2. The molecule has 2 saturated carbocycles. The minimum absolute atomic E-state index is 0.0364. The van der Waals surface area contributed by atoms with Crippen molar-refractivity contribution in [2.45, 2.75) is 64.0 Å². The maximum absolute atomic E-state index is 13.6. The van der Waals surface area contributed by atoms with Gasteiger partial charge >= 0.3 is 0 Å². The zero-order valence-corrected chi connectivity index (χ0v) is 19.7. The maximum Gasteiger partial charge on any atom is 0.297 e. The Kier molecular flexibility index (Phi) is 6.48. The molecule has 5 rings (SSSR count). The summed E-state index contributed by atoms with van der Waals surface area (Å²) in [4.78, 5) is 30.6. The van der Waals surface area contributed by atoms with Gasteiger partial charge in [0.25, 0.3) is 11.5 Å². The lowest BCUT2D eigenvalue weighted by Gasteiger charge is -2.31. The van der Waals surface area contributed by atoms with Crippen molar-refractivity contribution in [2.24, 2.45) is 5.92 Å². The first-order chi connectivity index (χ1) is 16.6. The SMILES string of the molecule is Cc1ccc(C(=O)NC2CC2)cc1-n1ccnc(N[C@@H](c2ccccc2)C2CCCCC2)c1=O. The van der Waals surface area contributed by atoms with E-state index in [2.05, 4.69) is 27.8 Å². The largest absolute Gasteiger partial charge is 0.358 e. The molecule has 0 radical (unpaired) electrons. The molecule has 1 atom stereocenters. The monoisotopic (exact) mass is 456 g/mol. The molecule has 1 heterocycles. The molecule has 0 saturated heterocycles. The van der Waals surface area contributed by atoms with Crippen LogP contribution in [-0.2, 0) is 0 Å². The molecule has 2 aliphatic rings. The lowest BCUT2D eigenvalue weighted by Crippen LogP contribution is -2.30. The fourth-order valence-electron chi connectivity index (χ4n) is 4.96. The molecule has 34 heavy (non-hydrogen) atoms. The van der Waals surface area contributed by atoms with Gasteiger partial charge < -0.3 is 10.6 Å². The second-order valence-corrected chi connectivity index (χ2v) is 9.63. The van der Waals surface area contributed by atoms with Crippen LogP contribution in [0.2, 0.25) is 0 Å². The molecule has 3 aromatic rings. The zero-order chi connectivity index (χ0) is 23.5. The summed E-state index contributed by atoms with van der Waals surface area (Å²) in [5.41, 5.74) is 3.17. The smallest absolute Gasteiger partial charge is 0.297 e. The molecule has 1 aromatic heterocycles. The summed E-state index contributed by atoms with van der Waals surface area (Å²) in [6, 6.07) is 16.2. The number of carbonyl (C=O) groups is 1. The molecule has 176 valence electrons. The number of aryl methyl sites for hydroxylation is 1. The van der Waals surface area contributed by atoms with Gasteiger partial charge in [0.1, 0.15) is 0 Å². The van der Waals surface area contributed by atoms with Crippen LogP contribution in [0.4, 0.5) is 5.82 Å². The van der Waals surface area contributed by atoms with E-state index in [9.17, 15) is 9.59 Å². The second-order valence-electron chi connectivity index (χ2n) is 9.63. The van der Waals surface area contributed by atoms with Crippen molar-refractivity contribution in [2.75, 3.05) is 5.32 Å². The number of rotatable bonds is 7. The minimum Gasteiger partial charge on any atom is -0.358 e. The van der Waals surface area contributed by atoms with Gasteiger partial charge in [0, 0.05) is 24.0 Å². The van der Waals surface area contributed by atoms with Crippen LogP contribution in [0, 0.1) is 12.8 Å². The van der Waals surface area contributed by atoms with E-state index in [0.29, 0.717) is 23.0 Å². The summed E-state index contributed by atoms with van der Waals surface area (Å²) in [5.74, 6) is 0.710. The van der Waals surface area contributed by atoms with Gasteiger partial charge in [-0.1, -0.05) is 55.7 Å². The number of hydrogen-bond acceptors (Lipinski definition) is 4. The van der Waals surface area contributed by atoms with E-state index in [-0.39, 0.29) is 23.6 Å². The Balaban J connectivity index is 1.47. The molecule has 1 amide bonds. The van der Waals surface area contributed by atoms with Crippen LogP contribution in [0.1, 0.15) is 72.5 Å². The van der Waals surface area contributed by atoms with E-state index in [1.807, 2.05) is 37.3 Å². The molecule has 0 unspecified atom stereocenters. The van der Waals surface area contributed by atoms with Crippen molar-refractivity contribution in [3.05, 3.63) is 88.0 Å². The van der Waals surface area contributed by atoms with Crippen LogP contribution in [0.25, 0.3) is 5.69 Å². The number of aromatic nitrogens is 2. The van der Waals surface area contributed by atoms with Gasteiger partial charge in [-0.05, 0) is 61.8 Å². The zero-order valence-electron chi connectivity index (χ0n) is 19.7. The van der Waals surface area contributed by atoms with E-state index >= 15 is 0 Å². The van der Waals surface area contributed by atoms with Gasteiger partial charge in [0.2, 0.25) is 0 Å². The molecular formula is C28H32N4O2. The van der Waals surface area contributed by atoms with Crippen molar-refractivity contribution in [1.29, 1.82) is 0 Å². The maximum atomic E-state index is 13.6. The Morgan fingerprint density at radius 1 is 1.03 bits per heavy atom. The van der Waals surface area contributed by atoms with Crippen LogP contribution in [0.15, 0.2) is 65.7 Å². The van der Waals surface area contributed by atoms with E-state index in [1.54, 1.807) is 23.0 Å². The summed E-state index contributed by atoms with van der Waals surface area (Å²) in [6.45, 7) is 1.95. The van der Waals surface area contributed by atoms with E-state index < -0.39 is 0 Å². The van der Waals surface area contributed by atoms with Gasteiger partial charge in [-0.3, -0.25) is 14.2 Å². The molecule has 2 N–H and O–H groups in total. The standard InChI is InChI=1S/C28H32N4O2/c1-19-12-13-22(27(33)30-23-14-15-23)18-24(19)32-17-16-29-26(28(32)34)31-25(20-8-4-2-5-9-20)21-10-6-3-7-11-21/h2,4-5,8-9,12-13,16-18,21,23,25H,3,6-7,10-11,14-15H2,1H3,(H,29,31)(H,30,33)/t25-/m0/s1. The van der Waals surface area contributed by atoms with Crippen LogP contribution in [-0.4, -0.2) is 21.5 Å². The third-order valence-corrected chi connectivity index (χ3v) is 7.06. The molecule has 6 heteroatoms. The lowest BCUT2D eigenvalue weighted by atomic mass is 9.81. The van der Waals surface area contributed by atoms with E-state index in [1.165, 1.54) is 24.8 Å². The highest BCUT2D eigenvalue weighted by molar-refractivity contribution is 5.95. The number of hydrogen-bond donors (Lipinski definition) is 2. The molecule has 6 nitrogen and oxygen atoms in total. The van der Waals surface area contributed by atoms with Crippen molar-refractivity contribution in [1.82, 2.24) is 14.9 Å². The summed E-state index contributed by atoms with van der Waals surface area (Å²) in [7, 11) is 0. The topological polar surface area (TPSA) is 76.0 Å². The van der Waals surface area contributed by atoms with Crippen LogP contribution in [0.3, 0.4) is 0 Å². The first-order valence-electron chi connectivity index (χ1n) is 12.4. The molecule has 0 bridgehead atoms. The van der Waals surface area contributed by atoms with Gasteiger partial charge in [0.05, 0.1) is 11.7 Å². The van der Waals surface area contributed by atoms with Crippen LogP contribution < -0.4 is 16.2 Å². The average molecular weight is 457 g/mol. The predicted molar refractivity (Wildman–Crippen MR) is 134 cm³/mol. The Morgan fingerprint density at radius 3 is 2.53 bits per heavy atom. The Labute approximate surface area is 200 Å². The Bertz CT molecular complexity index is 1210. The lowest BCUT2D eigenvalue weighted by molar-refractivity contribution is 0.0951. The highest BCUT2D eigenvalue weighted by Gasteiger charge is 2.27. The van der Waals surface area contributed by atoms with Gasteiger partial charge in [-0.2, -0.15) is 0 Å². The molecule has 2 aliphatic carbocycles. The minimum atomic E-state index is -0.206. The van der Waals surface area contributed by atoms with Gasteiger partial charge in [-0.15, -0.1) is 0 Å². The highest BCUT2D eigenvalue weighted by Crippen LogP contribution is 2.36. The number of benzene rings is 2. The molecule has 2 aromatic carbocycles. The number of nitrogens with one attached hydrogen (secondary N) is 2. The molecule has 2 fully saturated rings. The van der Waals surface area contributed by atoms with Crippen molar-refractivity contribution < 1.29 is 4.79 Å². The van der Waals surface area contributed by atoms with Crippen LogP contribution >= 0.6 is 0 Å². The third-order valence-electron chi connectivity index (χ3n) is 7.06. The van der Waals surface area contributed by atoms with E-state index in [4.69, 9.17) is 0 Å². The van der Waals surface area contributed by atoms with Crippen molar-refractivity contribution in [3.63, 3.8) is 0 Å². The fraction of sp³-hybridized carbons (Fsp3) is 0.393. The molecular weight excluding hydrogens is 424 g/mol. The predicted octanol–water partition coefficient (Wildman–Crippen LogP) is 5.17. The first kappa shape index (κ1) is 22.4.